The molecule has 8 nitrogen and oxygen atoms in total. The molecule has 3 N–H and O–H groups in total. The lowest BCUT2D eigenvalue weighted by molar-refractivity contribution is -0.144. The van der Waals surface area contributed by atoms with Crippen LogP contribution in [0, 0.1) is 5.41 Å². The van der Waals surface area contributed by atoms with Crippen molar-refractivity contribution in [2.24, 2.45) is 5.41 Å². The Hall–Kier alpha value is -1.97. The highest BCUT2D eigenvalue weighted by molar-refractivity contribution is 7.99. The quantitative estimate of drug-likeness (QED) is 0.565. The van der Waals surface area contributed by atoms with E-state index in [4.69, 9.17) is 16.3 Å². The molecule has 2 unspecified atom stereocenters. The third kappa shape index (κ3) is 4.88. The van der Waals surface area contributed by atoms with E-state index in [1.165, 1.54) is 0 Å². The molecule has 0 aromatic heterocycles. The number of nitrogens with zero attached hydrogens (tertiary/aromatic N) is 1. The van der Waals surface area contributed by atoms with Crippen LogP contribution in [0.5, 0.6) is 5.75 Å². The first kappa shape index (κ1) is 25.1. The number of thioether (sulfide) groups is 1. The zero-order chi connectivity index (χ0) is 24.6. The molecule has 10 heteroatoms. The Balaban J connectivity index is 1.57. The maximum absolute atomic E-state index is 13.7. The van der Waals surface area contributed by atoms with Crippen molar-refractivity contribution in [2.45, 2.75) is 69.6 Å². The van der Waals surface area contributed by atoms with Gasteiger partial charge in [0, 0.05) is 17.0 Å². The number of amides is 3. The molecule has 2 saturated heterocycles. The van der Waals surface area contributed by atoms with E-state index in [-0.39, 0.29) is 29.1 Å². The lowest BCUT2D eigenvalue weighted by Gasteiger charge is -2.36. The summed E-state index contributed by atoms with van der Waals surface area (Å²) in [6, 6.07) is 3.48. The minimum atomic E-state index is -0.646. The largest absolute Gasteiger partial charge is 0.493 e. The van der Waals surface area contributed by atoms with E-state index in [1.807, 2.05) is 26.0 Å². The molecule has 5 atom stereocenters. The summed E-state index contributed by atoms with van der Waals surface area (Å²) in [4.78, 5) is 41.6. The summed E-state index contributed by atoms with van der Waals surface area (Å²) in [6.45, 7) is 6.31. The van der Waals surface area contributed by atoms with Gasteiger partial charge in [-0.15, -0.1) is 11.8 Å². The van der Waals surface area contributed by atoms with Crippen LogP contribution in [0.1, 0.15) is 51.6 Å². The van der Waals surface area contributed by atoms with Crippen molar-refractivity contribution in [1.29, 1.82) is 0 Å². The lowest BCUT2D eigenvalue weighted by Crippen LogP contribution is -2.58. The molecular weight excluding hydrogens is 476 g/mol. The summed E-state index contributed by atoms with van der Waals surface area (Å²) in [5.41, 5.74) is 0.436. The first-order valence-electron chi connectivity index (χ1n) is 11.8. The van der Waals surface area contributed by atoms with Gasteiger partial charge in [-0.1, -0.05) is 25.4 Å². The minimum Gasteiger partial charge on any atom is -0.493 e. The molecule has 3 aliphatic heterocycles. The fourth-order valence-corrected chi connectivity index (χ4v) is 6.80. The van der Waals surface area contributed by atoms with Crippen LogP contribution in [0.3, 0.4) is 0 Å². The van der Waals surface area contributed by atoms with Gasteiger partial charge in [0.2, 0.25) is 17.7 Å². The van der Waals surface area contributed by atoms with Crippen LogP contribution < -0.4 is 20.7 Å². The topological polar surface area (TPSA) is 99.8 Å². The second kappa shape index (κ2) is 9.95. The van der Waals surface area contributed by atoms with Crippen molar-refractivity contribution >= 4 is 41.1 Å². The Bertz CT molecular complexity index is 974. The average Bonchev–Trinajstić information content (AvgIpc) is 2.99. The zero-order valence-corrected chi connectivity index (χ0v) is 21.6. The Labute approximate surface area is 209 Å². The Morgan fingerprint density at radius 1 is 1.24 bits per heavy atom. The predicted molar refractivity (Wildman–Crippen MR) is 133 cm³/mol. The van der Waals surface area contributed by atoms with E-state index in [1.54, 1.807) is 36.7 Å². The van der Waals surface area contributed by atoms with E-state index >= 15 is 0 Å². The number of carbonyl (C=O) groups is 3. The monoisotopic (exact) mass is 508 g/mol. The van der Waals surface area contributed by atoms with Gasteiger partial charge in [-0.05, 0) is 56.2 Å². The normalized spacial score (nSPS) is 28.7. The molecule has 3 amide bonds. The van der Waals surface area contributed by atoms with Gasteiger partial charge in [0.05, 0.1) is 24.1 Å². The Morgan fingerprint density at radius 2 is 2.00 bits per heavy atom. The first-order valence-corrected chi connectivity index (χ1v) is 13.2. The third-order valence-electron chi connectivity index (χ3n) is 7.02. The maximum Gasteiger partial charge on any atom is 0.246 e. The molecule has 186 valence electrons. The molecule has 0 bridgehead atoms. The predicted octanol–water partition coefficient (Wildman–Crippen LogP) is 2.46. The van der Waals surface area contributed by atoms with Crippen LogP contribution >= 0.6 is 23.4 Å². The third-order valence-corrected chi connectivity index (χ3v) is 8.50. The molecule has 4 rings (SSSR count). The summed E-state index contributed by atoms with van der Waals surface area (Å²) < 4.78 is 5.73. The molecule has 0 spiro atoms. The number of carbonyl (C=O) groups excluding carboxylic acids is 3. The zero-order valence-electron chi connectivity index (χ0n) is 20.0. The number of fused-ring (bicyclic) bond motifs is 2. The van der Waals surface area contributed by atoms with Crippen molar-refractivity contribution in [3.63, 3.8) is 0 Å². The van der Waals surface area contributed by atoms with Crippen molar-refractivity contribution in [1.82, 2.24) is 20.9 Å². The molecule has 3 aliphatic rings. The van der Waals surface area contributed by atoms with Crippen molar-refractivity contribution in [2.75, 3.05) is 19.4 Å². The van der Waals surface area contributed by atoms with Crippen molar-refractivity contribution in [3.8, 4) is 5.75 Å². The number of ether oxygens (including phenoxy) is 1. The van der Waals surface area contributed by atoms with Crippen LogP contribution in [-0.4, -0.2) is 65.5 Å². The number of halogens is 1. The van der Waals surface area contributed by atoms with Gasteiger partial charge in [-0.3, -0.25) is 14.4 Å². The molecule has 34 heavy (non-hydrogen) atoms. The number of hydrogen-bond donors (Lipinski definition) is 3. The van der Waals surface area contributed by atoms with Crippen LogP contribution in [0.15, 0.2) is 18.2 Å². The number of likely N-dealkylation sites (N-methyl/N-ethyl adjacent to an activating group) is 1. The van der Waals surface area contributed by atoms with Crippen LogP contribution in [0.4, 0.5) is 0 Å². The van der Waals surface area contributed by atoms with Gasteiger partial charge in [-0.25, -0.2) is 0 Å². The standard InChI is InChI=1S/C24H33ClN4O4S/c1-13(26-4)21(30)28-17-8-10-34-19-12-24(2,3)20(29(19)23(17)32)22(31)27-16-7-9-33-18-6-5-14(25)11-15(16)18/h5-6,11,13,16-17,19-20,26H,7-10,12H2,1-4H3,(H,27,31)(H,28,30)/t13?,16?,17-,19-,20+/m0/s1. The fourth-order valence-electron chi connectivity index (χ4n) is 5.05. The van der Waals surface area contributed by atoms with E-state index in [0.29, 0.717) is 36.6 Å². The molecule has 2 fully saturated rings. The van der Waals surface area contributed by atoms with Crippen molar-refractivity contribution < 1.29 is 19.1 Å². The van der Waals surface area contributed by atoms with E-state index < -0.39 is 23.5 Å². The number of benzene rings is 1. The second-order valence-corrected chi connectivity index (χ2v) is 11.6. The van der Waals surface area contributed by atoms with Crippen LogP contribution in [0.25, 0.3) is 0 Å². The van der Waals surface area contributed by atoms with E-state index in [9.17, 15) is 14.4 Å². The minimum absolute atomic E-state index is 0.0988. The fraction of sp³-hybridized carbons (Fsp3) is 0.625. The SMILES string of the molecule is CNC(C)C(=O)N[C@H]1CCS[C@H]2CC(C)(C)[C@@H](C(=O)NC3CCOc4ccc(Cl)cc43)N2C1=O. The molecule has 1 aromatic rings. The Kier molecular flexibility index (Phi) is 7.36. The molecular formula is C24H33ClN4O4S. The molecule has 0 saturated carbocycles. The number of rotatable bonds is 5. The van der Waals surface area contributed by atoms with Gasteiger partial charge in [0.1, 0.15) is 17.8 Å². The van der Waals surface area contributed by atoms with Crippen molar-refractivity contribution in [3.05, 3.63) is 28.8 Å². The van der Waals surface area contributed by atoms with Gasteiger partial charge in [0.25, 0.3) is 0 Å². The van der Waals surface area contributed by atoms with E-state index in [0.717, 1.165) is 11.3 Å². The van der Waals surface area contributed by atoms with Gasteiger partial charge < -0.3 is 25.6 Å². The van der Waals surface area contributed by atoms with E-state index in [2.05, 4.69) is 16.0 Å². The highest BCUT2D eigenvalue weighted by atomic mass is 35.5. The Morgan fingerprint density at radius 3 is 2.74 bits per heavy atom. The second-order valence-electron chi connectivity index (χ2n) is 9.91. The molecule has 0 radical (unpaired) electrons. The summed E-state index contributed by atoms with van der Waals surface area (Å²) in [5, 5.41) is 9.46. The number of hydrogen-bond acceptors (Lipinski definition) is 6. The molecule has 0 aliphatic carbocycles. The molecule has 3 heterocycles. The summed E-state index contributed by atoms with van der Waals surface area (Å²) in [7, 11) is 1.70. The lowest BCUT2D eigenvalue weighted by atomic mass is 9.83. The van der Waals surface area contributed by atoms with Gasteiger partial charge >= 0.3 is 0 Å². The number of nitrogens with one attached hydrogen (secondary N) is 3. The van der Waals surface area contributed by atoms with Gasteiger partial charge in [0.15, 0.2) is 0 Å². The summed E-state index contributed by atoms with van der Waals surface area (Å²) in [6.07, 6.45) is 1.88. The van der Waals surface area contributed by atoms with Crippen LogP contribution in [0.2, 0.25) is 5.02 Å². The molecule has 1 aromatic carbocycles. The summed E-state index contributed by atoms with van der Waals surface area (Å²) in [5.74, 6) is 0.858. The maximum atomic E-state index is 13.7. The smallest absolute Gasteiger partial charge is 0.246 e. The average molecular weight is 509 g/mol. The van der Waals surface area contributed by atoms with Gasteiger partial charge in [-0.2, -0.15) is 0 Å². The highest BCUT2D eigenvalue weighted by Gasteiger charge is 2.54. The highest BCUT2D eigenvalue weighted by Crippen LogP contribution is 2.46. The summed E-state index contributed by atoms with van der Waals surface area (Å²) >= 11 is 7.89. The first-order chi connectivity index (χ1) is 16.1. The van der Waals surface area contributed by atoms with Crippen LogP contribution in [-0.2, 0) is 14.4 Å².